The number of benzene rings is 2. The van der Waals surface area contributed by atoms with Crippen LogP contribution in [-0.4, -0.2) is 37.5 Å². The molecule has 0 aliphatic carbocycles. The summed E-state index contributed by atoms with van der Waals surface area (Å²) in [7, 11) is 1.84. The first-order valence-corrected chi connectivity index (χ1v) is 9.20. The number of anilines is 1. The molecule has 0 spiro atoms. The van der Waals surface area contributed by atoms with Crippen LogP contribution in [-0.2, 0) is 17.8 Å². The third kappa shape index (κ3) is 3.37. The zero-order chi connectivity index (χ0) is 18.1. The normalized spacial score (nSPS) is 20.9. The van der Waals surface area contributed by atoms with Crippen LogP contribution in [0.15, 0.2) is 42.5 Å². The molecule has 136 valence electrons. The largest absolute Gasteiger partial charge is 0.315 e. The van der Waals surface area contributed by atoms with Crippen molar-refractivity contribution in [2.75, 3.05) is 31.6 Å². The van der Waals surface area contributed by atoms with Crippen molar-refractivity contribution in [1.29, 1.82) is 0 Å². The maximum Gasteiger partial charge on any atom is 0.227 e. The average Bonchev–Trinajstić information content (AvgIpc) is 2.65. The Morgan fingerprint density at radius 2 is 2.08 bits per heavy atom. The van der Waals surface area contributed by atoms with E-state index >= 15 is 0 Å². The summed E-state index contributed by atoms with van der Waals surface area (Å²) in [6.07, 6.45) is 1.38. The second-order valence-electron chi connectivity index (χ2n) is 7.16. The second kappa shape index (κ2) is 7.17. The molecular weight excluding hydrogens is 329 g/mol. The van der Waals surface area contributed by atoms with E-state index in [1.807, 2.05) is 13.1 Å². The van der Waals surface area contributed by atoms with Gasteiger partial charge in [-0.25, -0.2) is 4.39 Å². The zero-order valence-electron chi connectivity index (χ0n) is 15.0. The van der Waals surface area contributed by atoms with E-state index in [1.165, 1.54) is 17.2 Å². The number of halogens is 1. The van der Waals surface area contributed by atoms with Gasteiger partial charge in [-0.15, -0.1) is 0 Å². The minimum Gasteiger partial charge on any atom is -0.315 e. The fourth-order valence-electron chi connectivity index (χ4n) is 4.02. The van der Waals surface area contributed by atoms with Gasteiger partial charge in [-0.05, 0) is 41.3 Å². The van der Waals surface area contributed by atoms with Crippen molar-refractivity contribution >= 4 is 11.6 Å². The van der Waals surface area contributed by atoms with Crippen LogP contribution >= 0.6 is 0 Å². The van der Waals surface area contributed by atoms with E-state index in [1.54, 1.807) is 17.0 Å². The van der Waals surface area contributed by atoms with Crippen LogP contribution in [0.4, 0.5) is 10.1 Å². The highest BCUT2D eigenvalue weighted by Crippen LogP contribution is 2.30. The molecule has 0 radical (unpaired) electrons. The first kappa shape index (κ1) is 17.2. The molecule has 1 saturated heterocycles. The molecule has 2 aromatic carbocycles. The molecule has 1 N–H and O–H groups in total. The van der Waals surface area contributed by atoms with Gasteiger partial charge >= 0.3 is 0 Å². The highest BCUT2D eigenvalue weighted by atomic mass is 19.1. The van der Waals surface area contributed by atoms with Crippen LogP contribution in [0.5, 0.6) is 0 Å². The number of hydrogen-bond donors (Lipinski definition) is 1. The van der Waals surface area contributed by atoms with Gasteiger partial charge in [0.2, 0.25) is 5.91 Å². The number of rotatable bonds is 3. The Balaban J connectivity index is 1.56. The van der Waals surface area contributed by atoms with Crippen molar-refractivity contribution < 1.29 is 9.18 Å². The van der Waals surface area contributed by atoms with Crippen LogP contribution in [0.25, 0.3) is 0 Å². The van der Waals surface area contributed by atoms with Gasteiger partial charge in [0.25, 0.3) is 0 Å². The van der Waals surface area contributed by atoms with Gasteiger partial charge in [0, 0.05) is 51.4 Å². The number of carbonyl (C=O) groups is 1. The Labute approximate surface area is 153 Å². The molecule has 4 nitrogen and oxygen atoms in total. The smallest absolute Gasteiger partial charge is 0.227 e. The Hall–Kier alpha value is -2.24. The lowest BCUT2D eigenvalue weighted by molar-refractivity contribution is -0.118. The van der Waals surface area contributed by atoms with Gasteiger partial charge in [0.05, 0.1) is 0 Å². The Bertz CT molecular complexity index is 823. The van der Waals surface area contributed by atoms with Crippen LogP contribution in [0, 0.1) is 5.82 Å². The quantitative estimate of drug-likeness (QED) is 0.922. The summed E-state index contributed by atoms with van der Waals surface area (Å²) in [5.41, 5.74) is 4.52. The van der Waals surface area contributed by atoms with Crippen LogP contribution in [0.2, 0.25) is 0 Å². The van der Waals surface area contributed by atoms with Gasteiger partial charge in [0.15, 0.2) is 0 Å². The molecule has 4 rings (SSSR count). The summed E-state index contributed by atoms with van der Waals surface area (Å²) in [6, 6.07) is 13.5. The molecule has 5 heteroatoms. The van der Waals surface area contributed by atoms with E-state index in [0.29, 0.717) is 6.42 Å². The lowest BCUT2D eigenvalue weighted by Gasteiger charge is -2.37. The number of nitrogens with one attached hydrogen (secondary N) is 1. The maximum absolute atomic E-state index is 13.7. The Morgan fingerprint density at radius 3 is 2.92 bits per heavy atom. The number of piperazine rings is 1. The van der Waals surface area contributed by atoms with Gasteiger partial charge in [-0.1, -0.05) is 24.3 Å². The molecule has 2 aromatic rings. The minimum atomic E-state index is -0.186. The van der Waals surface area contributed by atoms with E-state index in [4.69, 9.17) is 0 Å². The molecule has 1 unspecified atom stereocenters. The highest BCUT2D eigenvalue weighted by molar-refractivity contribution is 5.95. The lowest BCUT2D eigenvalue weighted by atomic mass is 9.98. The lowest BCUT2D eigenvalue weighted by Crippen LogP contribution is -2.45. The fourth-order valence-corrected chi connectivity index (χ4v) is 4.02. The van der Waals surface area contributed by atoms with Crippen molar-refractivity contribution in [2.24, 2.45) is 0 Å². The molecule has 1 amide bonds. The SMILES string of the molecule is CN1C(=O)CCc2cc(CN3CCNCC3c3cccc(F)c3)ccc21. The molecule has 2 aliphatic heterocycles. The number of fused-ring (bicyclic) bond motifs is 1. The monoisotopic (exact) mass is 353 g/mol. The zero-order valence-corrected chi connectivity index (χ0v) is 15.0. The van der Waals surface area contributed by atoms with Crippen LogP contribution in [0.3, 0.4) is 0 Å². The molecule has 0 saturated carbocycles. The predicted molar refractivity (Wildman–Crippen MR) is 101 cm³/mol. The van der Waals surface area contributed by atoms with Gasteiger partial charge in [0.1, 0.15) is 5.82 Å². The van der Waals surface area contributed by atoms with Crippen molar-refractivity contribution in [1.82, 2.24) is 10.2 Å². The number of hydrogen-bond acceptors (Lipinski definition) is 3. The summed E-state index contributed by atoms with van der Waals surface area (Å²) in [5.74, 6) is -0.00645. The van der Waals surface area contributed by atoms with Crippen molar-refractivity contribution in [3.05, 3.63) is 65.0 Å². The van der Waals surface area contributed by atoms with E-state index in [2.05, 4.69) is 28.4 Å². The third-order valence-corrected chi connectivity index (χ3v) is 5.46. The van der Waals surface area contributed by atoms with E-state index < -0.39 is 0 Å². The predicted octanol–water partition coefficient (Wildman–Crippen LogP) is 2.88. The number of nitrogens with zero attached hydrogens (tertiary/aromatic N) is 2. The highest BCUT2D eigenvalue weighted by Gasteiger charge is 2.25. The molecule has 2 heterocycles. The summed E-state index contributed by atoms with van der Waals surface area (Å²) in [5, 5.41) is 3.42. The molecule has 1 fully saturated rings. The van der Waals surface area contributed by atoms with E-state index in [0.717, 1.165) is 43.9 Å². The van der Waals surface area contributed by atoms with Gasteiger partial charge in [-0.3, -0.25) is 9.69 Å². The molecular formula is C21H24FN3O. The van der Waals surface area contributed by atoms with Gasteiger partial charge in [-0.2, -0.15) is 0 Å². The maximum atomic E-state index is 13.7. The second-order valence-corrected chi connectivity index (χ2v) is 7.16. The summed E-state index contributed by atoms with van der Waals surface area (Å²) >= 11 is 0. The van der Waals surface area contributed by atoms with E-state index in [-0.39, 0.29) is 17.8 Å². The summed E-state index contributed by atoms with van der Waals surface area (Å²) in [4.78, 5) is 16.0. The standard InChI is InChI=1S/C21H24FN3O/c1-24-19-7-5-15(11-17(19)6-8-21(24)26)14-25-10-9-23-13-20(25)16-3-2-4-18(22)12-16/h2-5,7,11-12,20,23H,6,8-10,13-14H2,1H3. The fraction of sp³-hybridized carbons (Fsp3) is 0.381. The third-order valence-electron chi connectivity index (χ3n) is 5.46. The Kier molecular flexibility index (Phi) is 4.74. The molecule has 0 bridgehead atoms. The molecule has 26 heavy (non-hydrogen) atoms. The molecule has 0 aromatic heterocycles. The first-order valence-electron chi connectivity index (χ1n) is 9.20. The van der Waals surface area contributed by atoms with Gasteiger partial charge < -0.3 is 10.2 Å². The molecule has 1 atom stereocenters. The number of amides is 1. The molecule has 2 aliphatic rings. The topological polar surface area (TPSA) is 35.6 Å². The summed E-state index contributed by atoms with van der Waals surface area (Å²) in [6.45, 7) is 3.52. The minimum absolute atomic E-state index is 0.166. The average molecular weight is 353 g/mol. The summed E-state index contributed by atoms with van der Waals surface area (Å²) < 4.78 is 13.7. The van der Waals surface area contributed by atoms with Crippen molar-refractivity contribution in [3.8, 4) is 0 Å². The Morgan fingerprint density at radius 1 is 1.19 bits per heavy atom. The first-order chi connectivity index (χ1) is 12.6. The van der Waals surface area contributed by atoms with Crippen LogP contribution < -0.4 is 10.2 Å². The van der Waals surface area contributed by atoms with E-state index in [9.17, 15) is 9.18 Å². The number of aryl methyl sites for hydroxylation is 1. The number of carbonyl (C=O) groups excluding carboxylic acids is 1. The van der Waals surface area contributed by atoms with Crippen LogP contribution in [0.1, 0.15) is 29.2 Å². The van der Waals surface area contributed by atoms with Crippen molar-refractivity contribution in [3.63, 3.8) is 0 Å². The van der Waals surface area contributed by atoms with Crippen molar-refractivity contribution in [2.45, 2.75) is 25.4 Å².